The first-order chi connectivity index (χ1) is 13.6. The second kappa shape index (κ2) is 8.04. The second-order valence-corrected chi connectivity index (χ2v) is 9.08. The molecule has 1 amide bonds. The molecule has 2 aromatic rings. The largest absolute Gasteiger partial charge is 0.452 e. The summed E-state index contributed by atoms with van der Waals surface area (Å²) in [5.74, 6) is 0.258. The summed E-state index contributed by atoms with van der Waals surface area (Å²) in [6.45, 7) is 0.370. The van der Waals surface area contributed by atoms with Gasteiger partial charge < -0.3 is 15.4 Å². The summed E-state index contributed by atoms with van der Waals surface area (Å²) in [6, 6.07) is 19.0. The van der Waals surface area contributed by atoms with Gasteiger partial charge in [0.1, 0.15) is 16.8 Å². The molecule has 28 heavy (non-hydrogen) atoms. The number of halogens is 1. The molecule has 2 unspecified atom stereocenters. The monoisotopic (exact) mass is 508 g/mol. The Morgan fingerprint density at radius 2 is 1.75 bits per heavy atom. The number of carbonyl (C=O) groups excluding carboxylic acids is 2. The van der Waals surface area contributed by atoms with Gasteiger partial charge >= 0.3 is 5.97 Å². The van der Waals surface area contributed by atoms with E-state index in [-0.39, 0.29) is 17.3 Å². The number of carbonyl (C=O) groups is 2. The third-order valence-corrected chi connectivity index (χ3v) is 8.37. The zero-order chi connectivity index (χ0) is 19.7. The van der Waals surface area contributed by atoms with Crippen molar-refractivity contribution in [1.29, 1.82) is 0 Å². The summed E-state index contributed by atoms with van der Waals surface area (Å²) in [5, 5.41) is -0.0181. The Labute approximate surface area is 182 Å². The summed E-state index contributed by atoms with van der Waals surface area (Å²) in [6.07, 6.45) is -0.480. The van der Waals surface area contributed by atoms with Crippen molar-refractivity contribution < 1.29 is 14.3 Å². The highest BCUT2D eigenvalue weighted by molar-refractivity contribution is 14.1. The number of rotatable bonds is 5. The standard InChI is InChI=1S/C21H21IN2O3S/c22-11-21(12-24-18(25)16(23)19(24)28-13-21)20(26)27-17(14-7-3-1-4-8-14)15-9-5-2-6-10-15/h1-10,16-17,19H,11-13,23H2/t16?,19-,21?/m1/s1. The van der Waals surface area contributed by atoms with Crippen LogP contribution in [0.2, 0.25) is 0 Å². The van der Waals surface area contributed by atoms with E-state index in [1.807, 2.05) is 60.7 Å². The van der Waals surface area contributed by atoms with E-state index in [0.717, 1.165) is 11.1 Å². The van der Waals surface area contributed by atoms with Crippen molar-refractivity contribution in [2.75, 3.05) is 16.7 Å². The lowest BCUT2D eigenvalue weighted by Gasteiger charge is -2.52. The minimum absolute atomic E-state index is 0.0181. The molecule has 0 aromatic heterocycles. The lowest BCUT2D eigenvalue weighted by Crippen LogP contribution is -2.72. The number of alkyl halides is 1. The summed E-state index contributed by atoms with van der Waals surface area (Å²) in [5.41, 5.74) is 7.01. The molecule has 7 heteroatoms. The molecule has 0 spiro atoms. The summed E-state index contributed by atoms with van der Waals surface area (Å²) < 4.78 is 6.68. The van der Waals surface area contributed by atoms with Gasteiger partial charge in [-0.05, 0) is 11.1 Å². The fourth-order valence-electron chi connectivity index (χ4n) is 3.60. The van der Waals surface area contributed by atoms with Crippen molar-refractivity contribution in [2.24, 2.45) is 11.1 Å². The van der Waals surface area contributed by atoms with Crippen LogP contribution in [-0.4, -0.2) is 44.9 Å². The third-order valence-electron chi connectivity index (χ3n) is 5.30. The van der Waals surface area contributed by atoms with Crippen LogP contribution in [0.3, 0.4) is 0 Å². The molecular formula is C21H21IN2O3S. The molecule has 2 aliphatic rings. The number of ether oxygens (including phenoxy) is 1. The Balaban J connectivity index is 1.59. The molecule has 3 atom stereocenters. The molecule has 0 radical (unpaired) electrons. The smallest absolute Gasteiger partial charge is 0.316 e. The van der Waals surface area contributed by atoms with Crippen LogP contribution in [0.4, 0.5) is 0 Å². The van der Waals surface area contributed by atoms with E-state index in [9.17, 15) is 9.59 Å². The van der Waals surface area contributed by atoms with Gasteiger partial charge in [0.15, 0.2) is 6.10 Å². The normalized spacial score (nSPS) is 26.5. The molecule has 4 rings (SSSR count). The van der Waals surface area contributed by atoms with Gasteiger partial charge in [-0.15, -0.1) is 11.8 Å². The van der Waals surface area contributed by atoms with Gasteiger partial charge in [-0.3, -0.25) is 9.59 Å². The first-order valence-electron chi connectivity index (χ1n) is 9.10. The molecule has 0 aliphatic carbocycles. The van der Waals surface area contributed by atoms with Gasteiger partial charge in [-0.2, -0.15) is 0 Å². The number of fused-ring (bicyclic) bond motifs is 1. The highest BCUT2D eigenvalue weighted by atomic mass is 127. The number of nitrogens with zero attached hydrogens (tertiary/aromatic N) is 1. The summed E-state index contributed by atoms with van der Waals surface area (Å²) in [4.78, 5) is 27.2. The zero-order valence-electron chi connectivity index (χ0n) is 15.2. The van der Waals surface area contributed by atoms with Crippen LogP contribution in [0.15, 0.2) is 60.7 Å². The first kappa shape index (κ1) is 19.7. The summed E-state index contributed by atoms with van der Waals surface area (Å²) >= 11 is 3.80. The summed E-state index contributed by atoms with van der Waals surface area (Å²) in [7, 11) is 0. The van der Waals surface area contributed by atoms with Gasteiger partial charge in [0.2, 0.25) is 5.91 Å². The van der Waals surface area contributed by atoms with Crippen LogP contribution in [0, 0.1) is 5.41 Å². The van der Waals surface area contributed by atoms with E-state index in [0.29, 0.717) is 16.7 Å². The SMILES string of the molecule is NC1C(=O)N2CC(CI)(C(=O)OC(c3ccccc3)c3ccccc3)CS[C@H]12. The maximum Gasteiger partial charge on any atom is 0.316 e. The van der Waals surface area contributed by atoms with Crippen LogP contribution in [0.1, 0.15) is 17.2 Å². The van der Waals surface area contributed by atoms with Crippen molar-refractivity contribution >= 4 is 46.2 Å². The molecule has 2 heterocycles. The number of β-lactam (4-membered cyclic amide) rings is 1. The van der Waals surface area contributed by atoms with Gasteiger partial charge in [-0.1, -0.05) is 83.3 Å². The first-order valence-corrected chi connectivity index (χ1v) is 11.7. The lowest BCUT2D eigenvalue weighted by molar-refractivity contribution is -0.162. The lowest BCUT2D eigenvalue weighted by atomic mass is 9.89. The van der Waals surface area contributed by atoms with Gasteiger partial charge in [0, 0.05) is 16.7 Å². The molecule has 2 fully saturated rings. The van der Waals surface area contributed by atoms with E-state index >= 15 is 0 Å². The molecule has 2 aliphatic heterocycles. The molecule has 5 nitrogen and oxygen atoms in total. The van der Waals surface area contributed by atoms with Crippen LogP contribution >= 0.6 is 34.4 Å². The predicted molar refractivity (Wildman–Crippen MR) is 118 cm³/mol. The van der Waals surface area contributed by atoms with Crippen molar-refractivity contribution in [2.45, 2.75) is 17.5 Å². The Morgan fingerprint density at radius 3 is 2.29 bits per heavy atom. The van der Waals surface area contributed by atoms with Crippen molar-refractivity contribution in [3.8, 4) is 0 Å². The Hall–Kier alpha value is -1.58. The number of amides is 1. The number of benzene rings is 2. The maximum absolute atomic E-state index is 13.4. The van der Waals surface area contributed by atoms with E-state index in [4.69, 9.17) is 10.5 Å². The number of thioether (sulfide) groups is 1. The molecule has 2 N–H and O–H groups in total. The van der Waals surface area contributed by atoms with E-state index in [2.05, 4.69) is 22.6 Å². The average molecular weight is 508 g/mol. The molecule has 146 valence electrons. The maximum atomic E-state index is 13.4. The number of hydrogen-bond acceptors (Lipinski definition) is 5. The van der Waals surface area contributed by atoms with Crippen LogP contribution < -0.4 is 5.73 Å². The average Bonchev–Trinajstić information content (AvgIpc) is 2.77. The van der Waals surface area contributed by atoms with E-state index < -0.39 is 17.6 Å². The number of hydrogen-bond donors (Lipinski definition) is 1. The molecule has 2 saturated heterocycles. The van der Waals surface area contributed by atoms with Crippen LogP contribution in [0.25, 0.3) is 0 Å². The van der Waals surface area contributed by atoms with Crippen LogP contribution in [0.5, 0.6) is 0 Å². The van der Waals surface area contributed by atoms with Crippen molar-refractivity contribution in [3.05, 3.63) is 71.8 Å². The highest BCUT2D eigenvalue weighted by Gasteiger charge is 2.56. The Kier molecular flexibility index (Phi) is 5.66. The molecular weight excluding hydrogens is 487 g/mol. The highest BCUT2D eigenvalue weighted by Crippen LogP contribution is 2.44. The third kappa shape index (κ3) is 3.44. The Morgan fingerprint density at radius 1 is 1.18 bits per heavy atom. The fraction of sp³-hybridized carbons (Fsp3) is 0.333. The number of nitrogens with two attached hydrogens (primary N) is 1. The topological polar surface area (TPSA) is 72.6 Å². The quantitative estimate of drug-likeness (QED) is 0.291. The second-order valence-electron chi connectivity index (χ2n) is 7.21. The van der Waals surface area contributed by atoms with E-state index in [1.54, 1.807) is 16.7 Å². The van der Waals surface area contributed by atoms with Gasteiger partial charge in [0.05, 0.1) is 0 Å². The number of esters is 1. The Bertz CT molecular complexity index is 827. The minimum atomic E-state index is -0.723. The molecule has 0 saturated carbocycles. The predicted octanol–water partition coefficient (Wildman–Crippen LogP) is 2.98. The van der Waals surface area contributed by atoms with Crippen molar-refractivity contribution in [3.63, 3.8) is 0 Å². The van der Waals surface area contributed by atoms with Gasteiger partial charge in [0.25, 0.3) is 0 Å². The molecule has 2 aromatic carbocycles. The van der Waals surface area contributed by atoms with Crippen molar-refractivity contribution in [1.82, 2.24) is 4.90 Å². The minimum Gasteiger partial charge on any atom is -0.452 e. The van der Waals surface area contributed by atoms with Gasteiger partial charge in [-0.25, -0.2) is 0 Å². The van der Waals surface area contributed by atoms with E-state index in [1.165, 1.54) is 0 Å². The zero-order valence-corrected chi connectivity index (χ0v) is 18.1. The fourth-order valence-corrected chi connectivity index (χ4v) is 6.28. The molecule has 0 bridgehead atoms. The van der Waals surface area contributed by atoms with Crippen LogP contribution in [-0.2, 0) is 14.3 Å².